The van der Waals surface area contributed by atoms with E-state index in [1.807, 2.05) is 18.5 Å². The Bertz CT molecular complexity index is 321. The second-order valence-electron chi connectivity index (χ2n) is 5.24. The average molecular weight is 219 g/mol. The van der Waals surface area contributed by atoms with Crippen LogP contribution < -0.4 is 10.6 Å². The molecule has 1 fully saturated rings. The molecular formula is C13H21N3. The van der Waals surface area contributed by atoms with Crippen LogP contribution in [-0.2, 0) is 6.54 Å². The summed E-state index contributed by atoms with van der Waals surface area (Å²) >= 11 is 0. The van der Waals surface area contributed by atoms with E-state index >= 15 is 0 Å². The van der Waals surface area contributed by atoms with Crippen molar-refractivity contribution in [2.24, 2.45) is 0 Å². The molecule has 16 heavy (non-hydrogen) atoms. The van der Waals surface area contributed by atoms with Crippen LogP contribution in [0.1, 0.15) is 32.3 Å². The Kier molecular flexibility index (Phi) is 3.56. The molecular weight excluding hydrogens is 198 g/mol. The molecule has 2 rings (SSSR count). The zero-order valence-electron chi connectivity index (χ0n) is 10.2. The van der Waals surface area contributed by atoms with Crippen molar-refractivity contribution in [1.82, 2.24) is 15.6 Å². The van der Waals surface area contributed by atoms with Gasteiger partial charge in [0, 0.05) is 30.5 Å². The Morgan fingerprint density at radius 3 is 3.12 bits per heavy atom. The molecule has 1 saturated heterocycles. The van der Waals surface area contributed by atoms with Gasteiger partial charge in [-0.1, -0.05) is 6.07 Å². The average Bonchev–Trinajstić information content (AvgIpc) is 2.27. The third-order valence-corrected chi connectivity index (χ3v) is 3.17. The molecule has 1 unspecified atom stereocenters. The minimum Gasteiger partial charge on any atom is -0.312 e. The highest BCUT2D eigenvalue weighted by Crippen LogP contribution is 2.18. The predicted octanol–water partition coefficient (Wildman–Crippen LogP) is 1.70. The van der Waals surface area contributed by atoms with E-state index < -0.39 is 0 Å². The molecule has 1 aromatic rings. The van der Waals surface area contributed by atoms with Crippen molar-refractivity contribution in [3.05, 3.63) is 30.1 Å². The normalized spacial score (nSPS) is 24.2. The third-order valence-electron chi connectivity index (χ3n) is 3.17. The molecule has 0 amide bonds. The van der Waals surface area contributed by atoms with E-state index in [0.717, 1.165) is 13.1 Å². The number of nitrogens with one attached hydrogen (secondary N) is 2. The van der Waals surface area contributed by atoms with Gasteiger partial charge in [-0.15, -0.1) is 0 Å². The molecule has 0 bridgehead atoms. The predicted molar refractivity (Wildman–Crippen MR) is 66.2 cm³/mol. The Morgan fingerprint density at radius 1 is 1.56 bits per heavy atom. The highest BCUT2D eigenvalue weighted by Gasteiger charge is 2.26. The van der Waals surface area contributed by atoms with Crippen LogP contribution in [0.3, 0.4) is 0 Å². The van der Waals surface area contributed by atoms with Crippen LogP contribution in [0, 0.1) is 0 Å². The Balaban J connectivity index is 1.82. The highest BCUT2D eigenvalue weighted by molar-refractivity contribution is 5.08. The van der Waals surface area contributed by atoms with Gasteiger partial charge in [-0.3, -0.25) is 4.98 Å². The first-order valence-electron chi connectivity index (χ1n) is 6.03. The van der Waals surface area contributed by atoms with Crippen LogP contribution in [0.2, 0.25) is 0 Å². The van der Waals surface area contributed by atoms with Gasteiger partial charge in [-0.05, 0) is 44.9 Å². The summed E-state index contributed by atoms with van der Waals surface area (Å²) in [5.41, 5.74) is 1.53. The van der Waals surface area contributed by atoms with Crippen LogP contribution in [0.15, 0.2) is 24.5 Å². The third kappa shape index (κ3) is 3.29. The second kappa shape index (κ2) is 4.93. The molecule has 3 heteroatoms. The van der Waals surface area contributed by atoms with Gasteiger partial charge in [0.1, 0.15) is 0 Å². The molecule has 0 saturated carbocycles. The Labute approximate surface area is 97.7 Å². The number of nitrogens with zero attached hydrogens (tertiary/aromatic N) is 1. The minimum absolute atomic E-state index is 0.269. The van der Waals surface area contributed by atoms with E-state index in [-0.39, 0.29) is 5.54 Å². The van der Waals surface area contributed by atoms with E-state index in [0.29, 0.717) is 6.04 Å². The van der Waals surface area contributed by atoms with Crippen molar-refractivity contribution in [2.75, 3.05) is 6.54 Å². The van der Waals surface area contributed by atoms with Gasteiger partial charge in [-0.2, -0.15) is 0 Å². The standard InChI is InChI=1S/C13H21N3/c1-13(2)8-12(5-7-16-13)15-10-11-4-3-6-14-9-11/h3-4,6,9,12,15-16H,5,7-8,10H2,1-2H3. The molecule has 0 radical (unpaired) electrons. The number of piperidine rings is 1. The van der Waals surface area contributed by atoms with Gasteiger partial charge in [0.15, 0.2) is 0 Å². The quantitative estimate of drug-likeness (QED) is 0.812. The van der Waals surface area contributed by atoms with Gasteiger partial charge >= 0.3 is 0 Å². The van der Waals surface area contributed by atoms with Crippen LogP contribution in [0.5, 0.6) is 0 Å². The van der Waals surface area contributed by atoms with E-state index in [4.69, 9.17) is 0 Å². The molecule has 1 atom stereocenters. The maximum atomic E-state index is 4.12. The summed E-state index contributed by atoms with van der Waals surface area (Å²) in [4.78, 5) is 4.12. The number of pyridine rings is 1. The number of aromatic nitrogens is 1. The Morgan fingerprint density at radius 2 is 2.44 bits per heavy atom. The summed E-state index contributed by atoms with van der Waals surface area (Å²) in [6.45, 7) is 6.57. The minimum atomic E-state index is 0.269. The van der Waals surface area contributed by atoms with E-state index in [1.54, 1.807) is 0 Å². The molecule has 1 aliphatic rings. The first-order chi connectivity index (χ1) is 7.66. The topological polar surface area (TPSA) is 37.0 Å². The number of hydrogen-bond acceptors (Lipinski definition) is 3. The summed E-state index contributed by atoms with van der Waals surface area (Å²) in [5.74, 6) is 0. The number of hydrogen-bond donors (Lipinski definition) is 2. The molecule has 2 heterocycles. The van der Waals surface area contributed by atoms with Gasteiger partial charge in [0.25, 0.3) is 0 Å². The monoisotopic (exact) mass is 219 g/mol. The summed E-state index contributed by atoms with van der Waals surface area (Å²) in [7, 11) is 0. The van der Waals surface area contributed by atoms with Crippen molar-refractivity contribution in [2.45, 2.75) is 44.8 Å². The maximum absolute atomic E-state index is 4.12. The summed E-state index contributed by atoms with van der Waals surface area (Å²) < 4.78 is 0. The fourth-order valence-electron chi connectivity index (χ4n) is 2.31. The molecule has 88 valence electrons. The van der Waals surface area contributed by atoms with Crippen LogP contribution in [-0.4, -0.2) is 23.1 Å². The molecule has 1 aromatic heterocycles. The van der Waals surface area contributed by atoms with Crippen LogP contribution in [0.4, 0.5) is 0 Å². The van der Waals surface area contributed by atoms with E-state index in [2.05, 4.69) is 35.5 Å². The van der Waals surface area contributed by atoms with Gasteiger partial charge in [0.2, 0.25) is 0 Å². The molecule has 0 aliphatic carbocycles. The lowest BCUT2D eigenvalue weighted by molar-refractivity contribution is 0.247. The van der Waals surface area contributed by atoms with E-state index in [9.17, 15) is 0 Å². The summed E-state index contributed by atoms with van der Waals surface area (Å²) in [6.07, 6.45) is 6.15. The number of rotatable bonds is 3. The smallest absolute Gasteiger partial charge is 0.0312 e. The molecule has 0 aromatic carbocycles. The summed E-state index contributed by atoms with van der Waals surface area (Å²) in [5, 5.41) is 7.15. The first kappa shape index (κ1) is 11.6. The van der Waals surface area contributed by atoms with Crippen molar-refractivity contribution < 1.29 is 0 Å². The maximum Gasteiger partial charge on any atom is 0.0312 e. The first-order valence-corrected chi connectivity index (χ1v) is 6.03. The van der Waals surface area contributed by atoms with Crippen LogP contribution in [0.25, 0.3) is 0 Å². The van der Waals surface area contributed by atoms with Crippen LogP contribution >= 0.6 is 0 Å². The molecule has 3 nitrogen and oxygen atoms in total. The van der Waals surface area contributed by atoms with Crippen molar-refractivity contribution in [1.29, 1.82) is 0 Å². The second-order valence-corrected chi connectivity index (χ2v) is 5.24. The SMILES string of the molecule is CC1(C)CC(NCc2cccnc2)CCN1. The molecule has 0 spiro atoms. The fourth-order valence-corrected chi connectivity index (χ4v) is 2.31. The zero-order chi connectivity index (χ0) is 11.4. The molecule has 1 aliphatic heterocycles. The largest absolute Gasteiger partial charge is 0.312 e. The lowest BCUT2D eigenvalue weighted by Crippen LogP contribution is -2.51. The highest BCUT2D eigenvalue weighted by atomic mass is 15.0. The van der Waals surface area contributed by atoms with Crippen molar-refractivity contribution in [3.63, 3.8) is 0 Å². The zero-order valence-corrected chi connectivity index (χ0v) is 10.2. The lowest BCUT2D eigenvalue weighted by atomic mass is 9.89. The van der Waals surface area contributed by atoms with E-state index in [1.165, 1.54) is 18.4 Å². The Hall–Kier alpha value is -0.930. The van der Waals surface area contributed by atoms with Gasteiger partial charge in [-0.25, -0.2) is 0 Å². The van der Waals surface area contributed by atoms with Gasteiger partial charge in [0.05, 0.1) is 0 Å². The van der Waals surface area contributed by atoms with Gasteiger partial charge < -0.3 is 10.6 Å². The lowest BCUT2D eigenvalue weighted by Gasteiger charge is -2.37. The van der Waals surface area contributed by atoms with Crippen molar-refractivity contribution in [3.8, 4) is 0 Å². The molecule has 2 N–H and O–H groups in total. The summed E-state index contributed by atoms with van der Waals surface area (Å²) in [6, 6.07) is 4.73. The van der Waals surface area contributed by atoms with Crippen molar-refractivity contribution >= 4 is 0 Å². The fraction of sp³-hybridized carbons (Fsp3) is 0.615.